The number of hydrogen-bond donors (Lipinski definition) is 1. The van der Waals surface area contributed by atoms with Gasteiger partial charge >= 0.3 is 0 Å². The Morgan fingerprint density at radius 1 is 1.09 bits per heavy atom. The van der Waals surface area contributed by atoms with Gasteiger partial charge in [-0.2, -0.15) is 0 Å². The molecule has 0 unspecified atom stereocenters. The van der Waals surface area contributed by atoms with Gasteiger partial charge in [-0.15, -0.1) is 0 Å². The number of benzene rings is 2. The lowest BCUT2D eigenvalue weighted by molar-refractivity contribution is -0.116. The van der Waals surface area contributed by atoms with E-state index in [2.05, 4.69) is 5.32 Å². The summed E-state index contributed by atoms with van der Waals surface area (Å²) in [5.41, 5.74) is 0.906. The molecule has 5 heteroatoms. The van der Waals surface area contributed by atoms with E-state index in [9.17, 15) is 9.18 Å². The molecule has 1 N–H and O–H groups in total. The minimum absolute atomic E-state index is 0.205. The highest BCUT2D eigenvalue weighted by Gasteiger charge is 1.97. The second-order valence-corrected chi connectivity index (χ2v) is 4.70. The summed E-state index contributed by atoms with van der Waals surface area (Å²) >= 11 is 0. The second-order valence-electron chi connectivity index (χ2n) is 4.70. The van der Waals surface area contributed by atoms with E-state index in [1.54, 1.807) is 25.3 Å². The van der Waals surface area contributed by atoms with E-state index in [1.165, 1.54) is 18.2 Å². The molecule has 0 aliphatic heterocycles. The van der Waals surface area contributed by atoms with Crippen molar-refractivity contribution in [3.63, 3.8) is 0 Å². The Kier molecular flexibility index (Phi) is 6.17. The van der Waals surface area contributed by atoms with Crippen molar-refractivity contribution >= 4 is 12.0 Å². The van der Waals surface area contributed by atoms with Gasteiger partial charge in [0.05, 0.1) is 13.7 Å². The van der Waals surface area contributed by atoms with Gasteiger partial charge in [-0.05, 0) is 48.0 Å². The van der Waals surface area contributed by atoms with Gasteiger partial charge in [-0.3, -0.25) is 4.79 Å². The van der Waals surface area contributed by atoms with Gasteiger partial charge in [0.2, 0.25) is 5.91 Å². The quantitative estimate of drug-likeness (QED) is 0.631. The van der Waals surface area contributed by atoms with Gasteiger partial charge in [0.25, 0.3) is 0 Å². The van der Waals surface area contributed by atoms with Crippen molar-refractivity contribution < 1.29 is 18.7 Å². The first kappa shape index (κ1) is 16.5. The largest absolute Gasteiger partial charge is 0.497 e. The molecule has 0 aliphatic rings. The normalized spacial score (nSPS) is 10.5. The molecule has 0 fully saturated rings. The van der Waals surface area contributed by atoms with Crippen LogP contribution in [0.25, 0.3) is 6.08 Å². The predicted octanol–water partition coefficient (Wildman–Crippen LogP) is 3.04. The van der Waals surface area contributed by atoms with Crippen LogP contribution >= 0.6 is 0 Å². The van der Waals surface area contributed by atoms with E-state index >= 15 is 0 Å². The fourth-order valence-electron chi connectivity index (χ4n) is 1.82. The van der Waals surface area contributed by atoms with Crippen LogP contribution in [0.15, 0.2) is 54.6 Å². The van der Waals surface area contributed by atoms with Crippen LogP contribution in [0.3, 0.4) is 0 Å². The molecule has 0 radical (unpaired) electrons. The molecule has 0 aromatic heterocycles. The predicted molar refractivity (Wildman–Crippen MR) is 86.9 cm³/mol. The van der Waals surface area contributed by atoms with Crippen molar-refractivity contribution in [2.45, 2.75) is 0 Å². The summed E-state index contributed by atoms with van der Waals surface area (Å²) in [5.74, 6) is 0.816. The lowest BCUT2D eigenvalue weighted by atomic mass is 10.2. The number of rotatable bonds is 7. The maximum atomic E-state index is 12.7. The van der Waals surface area contributed by atoms with Crippen molar-refractivity contribution in [1.82, 2.24) is 5.32 Å². The summed E-state index contributed by atoms with van der Waals surface area (Å²) in [4.78, 5) is 11.7. The molecule has 2 rings (SSSR count). The SMILES string of the molecule is COc1ccc(/C=C/C(=O)NCCOc2ccc(F)cc2)cc1. The Bertz CT molecular complexity index is 651. The molecule has 0 aliphatic carbocycles. The van der Waals surface area contributed by atoms with Crippen molar-refractivity contribution in [1.29, 1.82) is 0 Å². The Morgan fingerprint density at radius 3 is 2.39 bits per heavy atom. The standard InChI is InChI=1S/C18H18FNO3/c1-22-16-7-2-14(3-8-16)4-11-18(21)20-12-13-23-17-9-5-15(19)6-10-17/h2-11H,12-13H2,1H3,(H,20,21)/b11-4+. The van der Waals surface area contributed by atoms with Crippen LogP contribution in [0, 0.1) is 5.82 Å². The van der Waals surface area contributed by atoms with Crippen LogP contribution in [0.5, 0.6) is 11.5 Å². The van der Waals surface area contributed by atoms with E-state index in [4.69, 9.17) is 9.47 Å². The number of carbonyl (C=O) groups is 1. The van der Waals surface area contributed by atoms with Gasteiger partial charge in [0, 0.05) is 6.08 Å². The molecular weight excluding hydrogens is 297 g/mol. The Hall–Kier alpha value is -2.82. The van der Waals surface area contributed by atoms with Crippen LogP contribution in [0.4, 0.5) is 4.39 Å². The van der Waals surface area contributed by atoms with Crippen LogP contribution < -0.4 is 14.8 Å². The summed E-state index contributed by atoms with van der Waals surface area (Å²) in [6.07, 6.45) is 3.18. The topological polar surface area (TPSA) is 47.6 Å². The Morgan fingerprint density at radius 2 is 1.74 bits per heavy atom. The monoisotopic (exact) mass is 315 g/mol. The van der Waals surface area contributed by atoms with Crippen LogP contribution in [-0.2, 0) is 4.79 Å². The Balaban J connectivity index is 1.69. The van der Waals surface area contributed by atoms with E-state index in [1.807, 2.05) is 24.3 Å². The van der Waals surface area contributed by atoms with Gasteiger partial charge in [-0.25, -0.2) is 4.39 Å². The number of nitrogens with one attached hydrogen (secondary N) is 1. The molecule has 0 heterocycles. The first-order chi connectivity index (χ1) is 11.2. The Labute approximate surface area is 134 Å². The molecule has 0 saturated carbocycles. The highest BCUT2D eigenvalue weighted by atomic mass is 19.1. The maximum Gasteiger partial charge on any atom is 0.244 e. The highest BCUT2D eigenvalue weighted by molar-refractivity contribution is 5.91. The molecule has 120 valence electrons. The summed E-state index contributed by atoms with van der Waals surface area (Å²) in [5, 5.41) is 2.71. The zero-order valence-electron chi connectivity index (χ0n) is 12.8. The van der Waals surface area contributed by atoms with Gasteiger partial charge in [0.1, 0.15) is 23.9 Å². The molecule has 2 aromatic rings. The van der Waals surface area contributed by atoms with Crippen molar-refractivity contribution in [2.75, 3.05) is 20.3 Å². The average Bonchev–Trinajstić information content (AvgIpc) is 2.59. The number of amides is 1. The molecule has 0 bridgehead atoms. The molecule has 2 aromatic carbocycles. The lowest BCUT2D eigenvalue weighted by Crippen LogP contribution is -2.26. The maximum absolute atomic E-state index is 12.7. The number of ether oxygens (including phenoxy) is 2. The first-order valence-corrected chi connectivity index (χ1v) is 7.16. The van der Waals surface area contributed by atoms with Crippen molar-refractivity contribution in [3.8, 4) is 11.5 Å². The molecule has 4 nitrogen and oxygen atoms in total. The van der Waals surface area contributed by atoms with Gasteiger partial charge < -0.3 is 14.8 Å². The fraction of sp³-hybridized carbons (Fsp3) is 0.167. The van der Waals surface area contributed by atoms with E-state index in [0.29, 0.717) is 18.9 Å². The van der Waals surface area contributed by atoms with Crippen molar-refractivity contribution in [2.24, 2.45) is 0 Å². The lowest BCUT2D eigenvalue weighted by Gasteiger charge is -2.06. The smallest absolute Gasteiger partial charge is 0.244 e. The first-order valence-electron chi connectivity index (χ1n) is 7.16. The van der Waals surface area contributed by atoms with Crippen molar-refractivity contribution in [3.05, 3.63) is 66.0 Å². The number of carbonyl (C=O) groups excluding carboxylic acids is 1. The number of halogens is 1. The molecule has 1 amide bonds. The van der Waals surface area contributed by atoms with Gasteiger partial charge in [0.15, 0.2) is 0 Å². The molecule has 0 saturated heterocycles. The average molecular weight is 315 g/mol. The third-order valence-corrected chi connectivity index (χ3v) is 3.03. The third-order valence-electron chi connectivity index (χ3n) is 3.03. The fourth-order valence-corrected chi connectivity index (χ4v) is 1.82. The third kappa shape index (κ3) is 5.82. The second kappa shape index (κ2) is 8.58. The van der Waals surface area contributed by atoms with Gasteiger partial charge in [-0.1, -0.05) is 12.1 Å². The van der Waals surface area contributed by atoms with Crippen LogP contribution in [0.1, 0.15) is 5.56 Å². The minimum atomic E-state index is -0.311. The van der Waals surface area contributed by atoms with Crippen LogP contribution in [0.2, 0.25) is 0 Å². The molecule has 23 heavy (non-hydrogen) atoms. The van der Waals surface area contributed by atoms with E-state index in [0.717, 1.165) is 11.3 Å². The molecule has 0 spiro atoms. The summed E-state index contributed by atoms with van der Waals surface area (Å²) in [7, 11) is 1.60. The minimum Gasteiger partial charge on any atom is -0.497 e. The summed E-state index contributed by atoms with van der Waals surface area (Å²) < 4.78 is 23.2. The van der Waals surface area contributed by atoms with E-state index < -0.39 is 0 Å². The number of hydrogen-bond acceptors (Lipinski definition) is 3. The zero-order valence-corrected chi connectivity index (χ0v) is 12.8. The zero-order chi connectivity index (χ0) is 16.5. The summed E-state index contributed by atoms with van der Waals surface area (Å²) in [6, 6.07) is 13.1. The molecular formula is C18H18FNO3. The van der Waals surface area contributed by atoms with E-state index in [-0.39, 0.29) is 11.7 Å². The number of methoxy groups -OCH3 is 1. The summed E-state index contributed by atoms with van der Waals surface area (Å²) in [6.45, 7) is 0.677. The molecule has 0 atom stereocenters. The highest BCUT2D eigenvalue weighted by Crippen LogP contribution is 2.12. The van der Waals surface area contributed by atoms with Crippen LogP contribution in [-0.4, -0.2) is 26.2 Å².